The summed E-state index contributed by atoms with van der Waals surface area (Å²) in [6.07, 6.45) is 5.96. The van der Waals surface area contributed by atoms with Crippen LogP contribution >= 0.6 is 0 Å². The largest absolute Gasteiger partial charge is 0.331 e. The fraction of sp³-hybridized carbons (Fsp3) is 0.167. The number of nitrogens with zero attached hydrogens (tertiary/aromatic N) is 2. The van der Waals surface area contributed by atoms with Crippen LogP contribution in [0, 0.1) is 0 Å². The Bertz CT molecular complexity index is 677. The fourth-order valence-corrected chi connectivity index (χ4v) is 2.33. The zero-order chi connectivity index (χ0) is 14.5. The van der Waals surface area contributed by atoms with Gasteiger partial charge in [0.2, 0.25) is 12.6 Å². The van der Waals surface area contributed by atoms with Gasteiger partial charge < -0.3 is 4.74 Å². The Morgan fingerprint density at radius 1 is 1.00 bits per heavy atom. The standard InChI is InChI=1S/C18H19N2O/c1-19-12-13-20(15-19)18(17-10-6-3-7-11-17)21-14-16-8-4-2-5-9-16/h2-13,15,18H,14H2,1H3/q+1. The summed E-state index contributed by atoms with van der Waals surface area (Å²) in [5.41, 5.74) is 2.32. The molecular weight excluding hydrogens is 260 g/mol. The van der Waals surface area contributed by atoms with E-state index in [2.05, 4.69) is 28.8 Å². The molecule has 0 fully saturated rings. The highest BCUT2D eigenvalue weighted by Gasteiger charge is 2.19. The highest BCUT2D eigenvalue weighted by atomic mass is 16.5. The molecule has 0 spiro atoms. The SMILES string of the molecule is C[n+]1ccn(C(OCc2ccccc2)c2ccccc2)c1. The van der Waals surface area contributed by atoms with Gasteiger partial charge in [-0.15, -0.1) is 0 Å². The quantitative estimate of drug-likeness (QED) is 0.656. The molecule has 0 aliphatic heterocycles. The van der Waals surface area contributed by atoms with E-state index >= 15 is 0 Å². The lowest BCUT2D eigenvalue weighted by Crippen LogP contribution is -2.25. The number of hydrogen-bond acceptors (Lipinski definition) is 1. The van der Waals surface area contributed by atoms with E-state index in [1.807, 2.05) is 66.7 Å². The van der Waals surface area contributed by atoms with Gasteiger partial charge in [0.05, 0.1) is 13.7 Å². The molecule has 0 N–H and O–H groups in total. The van der Waals surface area contributed by atoms with Crippen LogP contribution in [0.5, 0.6) is 0 Å². The second-order valence-corrected chi connectivity index (χ2v) is 5.09. The molecule has 2 aromatic carbocycles. The van der Waals surface area contributed by atoms with Crippen molar-refractivity contribution in [2.24, 2.45) is 7.05 Å². The van der Waals surface area contributed by atoms with Crippen LogP contribution in [0.15, 0.2) is 79.4 Å². The number of aryl methyl sites for hydroxylation is 1. The number of ether oxygens (including phenoxy) is 1. The van der Waals surface area contributed by atoms with E-state index in [1.54, 1.807) is 0 Å². The first-order valence-corrected chi connectivity index (χ1v) is 7.06. The molecule has 0 radical (unpaired) electrons. The van der Waals surface area contributed by atoms with E-state index < -0.39 is 0 Å². The summed E-state index contributed by atoms with van der Waals surface area (Å²) in [6, 6.07) is 20.5. The van der Waals surface area contributed by atoms with Crippen molar-refractivity contribution >= 4 is 0 Å². The highest BCUT2D eigenvalue weighted by Crippen LogP contribution is 2.20. The zero-order valence-electron chi connectivity index (χ0n) is 12.1. The van der Waals surface area contributed by atoms with E-state index in [9.17, 15) is 0 Å². The summed E-state index contributed by atoms with van der Waals surface area (Å²) in [5, 5.41) is 0. The van der Waals surface area contributed by atoms with Crippen LogP contribution in [0.4, 0.5) is 0 Å². The second-order valence-electron chi connectivity index (χ2n) is 5.09. The Morgan fingerprint density at radius 2 is 1.67 bits per heavy atom. The van der Waals surface area contributed by atoms with Crippen molar-refractivity contribution in [1.29, 1.82) is 0 Å². The lowest BCUT2D eigenvalue weighted by molar-refractivity contribution is -0.671. The number of hydrogen-bond donors (Lipinski definition) is 0. The molecule has 0 amide bonds. The maximum atomic E-state index is 6.16. The predicted molar refractivity (Wildman–Crippen MR) is 81.4 cm³/mol. The minimum Gasteiger partial charge on any atom is -0.331 e. The molecule has 0 bridgehead atoms. The molecule has 106 valence electrons. The summed E-state index contributed by atoms with van der Waals surface area (Å²) in [4.78, 5) is 0. The molecular formula is C18H19N2O+. The molecule has 1 aromatic heterocycles. The van der Waals surface area contributed by atoms with Crippen molar-refractivity contribution in [2.75, 3.05) is 0 Å². The lowest BCUT2D eigenvalue weighted by Gasteiger charge is -2.15. The molecule has 21 heavy (non-hydrogen) atoms. The van der Waals surface area contributed by atoms with Gasteiger partial charge in [0.15, 0.2) is 0 Å². The van der Waals surface area contributed by atoms with Gasteiger partial charge in [0, 0.05) is 5.56 Å². The molecule has 1 unspecified atom stereocenters. The van der Waals surface area contributed by atoms with Crippen LogP contribution in [-0.4, -0.2) is 4.57 Å². The Balaban J connectivity index is 1.83. The van der Waals surface area contributed by atoms with E-state index in [1.165, 1.54) is 5.56 Å². The van der Waals surface area contributed by atoms with Gasteiger partial charge >= 0.3 is 0 Å². The number of imidazole rings is 1. The normalized spacial score (nSPS) is 12.2. The Kier molecular flexibility index (Phi) is 4.12. The van der Waals surface area contributed by atoms with Crippen molar-refractivity contribution in [3.05, 3.63) is 90.5 Å². The Labute approximate surface area is 125 Å². The van der Waals surface area contributed by atoms with Crippen molar-refractivity contribution in [3.63, 3.8) is 0 Å². The first-order chi connectivity index (χ1) is 10.3. The molecule has 3 rings (SSSR count). The van der Waals surface area contributed by atoms with Crippen molar-refractivity contribution in [3.8, 4) is 0 Å². The lowest BCUT2D eigenvalue weighted by atomic mass is 10.2. The van der Waals surface area contributed by atoms with E-state index in [0.29, 0.717) is 6.61 Å². The molecule has 3 aromatic rings. The summed E-state index contributed by atoms with van der Waals surface area (Å²) in [7, 11) is 2.01. The molecule has 0 aliphatic carbocycles. The molecule has 3 heteroatoms. The molecule has 1 heterocycles. The van der Waals surface area contributed by atoms with E-state index in [4.69, 9.17) is 4.74 Å². The summed E-state index contributed by atoms with van der Waals surface area (Å²) >= 11 is 0. The van der Waals surface area contributed by atoms with Crippen LogP contribution < -0.4 is 4.57 Å². The molecule has 3 nitrogen and oxygen atoms in total. The van der Waals surface area contributed by atoms with Gasteiger partial charge in [-0.1, -0.05) is 60.7 Å². The maximum Gasteiger partial charge on any atom is 0.245 e. The monoisotopic (exact) mass is 279 g/mol. The van der Waals surface area contributed by atoms with Crippen molar-refractivity contribution in [2.45, 2.75) is 12.8 Å². The van der Waals surface area contributed by atoms with Gasteiger partial charge in [0.1, 0.15) is 12.4 Å². The summed E-state index contributed by atoms with van der Waals surface area (Å²) in [5.74, 6) is 0. The van der Waals surface area contributed by atoms with E-state index in [-0.39, 0.29) is 6.23 Å². The topological polar surface area (TPSA) is 18.0 Å². The van der Waals surface area contributed by atoms with Crippen molar-refractivity contribution < 1.29 is 9.30 Å². The Hall–Kier alpha value is -2.39. The Morgan fingerprint density at radius 3 is 2.29 bits per heavy atom. The van der Waals surface area contributed by atoms with Crippen LogP contribution in [0.1, 0.15) is 17.4 Å². The third kappa shape index (κ3) is 3.38. The highest BCUT2D eigenvalue weighted by molar-refractivity contribution is 5.18. The summed E-state index contributed by atoms with van der Waals surface area (Å²) < 4.78 is 10.3. The molecule has 0 aliphatic rings. The third-order valence-electron chi connectivity index (χ3n) is 3.40. The third-order valence-corrected chi connectivity index (χ3v) is 3.40. The van der Waals surface area contributed by atoms with Crippen molar-refractivity contribution in [1.82, 2.24) is 4.57 Å². The minimum atomic E-state index is -0.118. The number of rotatable bonds is 5. The zero-order valence-corrected chi connectivity index (χ0v) is 12.1. The van der Waals surface area contributed by atoms with E-state index in [0.717, 1.165) is 5.56 Å². The number of benzene rings is 2. The van der Waals surface area contributed by atoms with Gasteiger partial charge in [-0.05, 0) is 5.56 Å². The first-order valence-electron chi connectivity index (χ1n) is 7.06. The minimum absolute atomic E-state index is 0.118. The molecule has 1 atom stereocenters. The molecule has 0 saturated heterocycles. The van der Waals surface area contributed by atoms with Gasteiger partial charge in [-0.2, -0.15) is 0 Å². The number of aromatic nitrogens is 2. The fourth-order valence-electron chi connectivity index (χ4n) is 2.33. The first kappa shape index (κ1) is 13.6. The average Bonchev–Trinajstić information content (AvgIpc) is 2.96. The van der Waals surface area contributed by atoms with Crippen LogP contribution in [0.3, 0.4) is 0 Å². The smallest absolute Gasteiger partial charge is 0.245 e. The van der Waals surface area contributed by atoms with Crippen LogP contribution in [0.25, 0.3) is 0 Å². The van der Waals surface area contributed by atoms with Crippen LogP contribution in [-0.2, 0) is 18.4 Å². The summed E-state index contributed by atoms with van der Waals surface area (Å²) in [6.45, 7) is 0.586. The second kappa shape index (κ2) is 6.37. The predicted octanol–water partition coefficient (Wildman–Crippen LogP) is 3.08. The molecule has 0 saturated carbocycles. The maximum absolute atomic E-state index is 6.16. The van der Waals surface area contributed by atoms with Gasteiger partial charge in [0.25, 0.3) is 0 Å². The van der Waals surface area contributed by atoms with Gasteiger partial charge in [-0.3, -0.25) is 0 Å². The van der Waals surface area contributed by atoms with Gasteiger partial charge in [-0.25, -0.2) is 9.13 Å². The van der Waals surface area contributed by atoms with Crippen LogP contribution in [0.2, 0.25) is 0 Å². The average molecular weight is 279 g/mol.